The summed E-state index contributed by atoms with van der Waals surface area (Å²) in [6.45, 7) is 3.90. The van der Waals surface area contributed by atoms with E-state index in [2.05, 4.69) is 15.3 Å². The van der Waals surface area contributed by atoms with E-state index in [1.54, 1.807) is 13.8 Å². The highest BCUT2D eigenvalue weighted by Gasteiger charge is 2.15. The van der Waals surface area contributed by atoms with Crippen LogP contribution in [0.4, 0.5) is 0 Å². The molecule has 0 aliphatic heterocycles. The predicted molar refractivity (Wildman–Crippen MR) is 98.2 cm³/mol. The topological polar surface area (TPSA) is 73.0 Å². The Hall–Kier alpha value is -3.41. The molecule has 6 heteroatoms. The monoisotopic (exact) mass is 346 g/mol. The molecule has 0 saturated heterocycles. The highest BCUT2D eigenvalue weighted by Crippen LogP contribution is 2.18. The summed E-state index contributed by atoms with van der Waals surface area (Å²) in [4.78, 5) is 20.7. The summed E-state index contributed by atoms with van der Waals surface area (Å²) in [7, 11) is 0. The lowest BCUT2D eigenvalue weighted by atomic mass is 10.2. The molecule has 2 aromatic heterocycles. The number of carbonyl (C=O) groups is 1. The Balaban J connectivity index is 1.48. The molecule has 0 unspecified atom stereocenters. The van der Waals surface area contributed by atoms with Crippen LogP contribution in [0.25, 0.3) is 16.7 Å². The van der Waals surface area contributed by atoms with Crippen LogP contribution in [0.5, 0.6) is 0 Å². The van der Waals surface area contributed by atoms with Gasteiger partial charge in [-0.25, -0.2) is 9.97 Å². The van der Waals surface area contributed by atoms with Gasteiger partial charge in [-0.3, -0.25) is 9.36 Å². The summed E-state index contributed by atoms with van der Waals surface area (Å²) < 4.78 is 7.38. The number of rotatable bonds is 4. The van der Waals surface area contributed by atoms with Crippen molar-refractivity contribution in [3.8, 4) is 5.69 Å². The van der Waals surface area contributed by atoms with Crippen molar-refractivity contribution in [1.82, 2.24) is 19.9 Å². The zero-order valence-electron chi connectivity index (χ0n) is 14.6. The van der Waals surface area contributed by atoms with Crippen molar-refractivity contribution in [1.29, 1.82) is 0 Å². The molecular weight excluding hydrogens is 328 g/mol. The van der Waals surface area contributed by atoms with Crippen molar-refractivity contribution in [3.63, 3.8) is 0 Å². The van der Waals surface area contributed by atoms with Crippen LogP contribution in [0.1, 0.15) is 27.7 Å². The number of hydrogen-bond acceptors (Lipinski definition) is 4. The summed E-state index contributed by atoms with van der Waals surface area (Å²) >= 11 is 0. The van der Waals surface area contributed by atoms with Gasteiger partial charge in [0.1, 0.15) is 6.33 Å². The number of aryl methyl sites for hydroxylation is 2. The number of aromatic nitrogens is 3. The van der Waals surface area contributed by atoms with Crippen LogP contribution in [0.15, 0.2) is 59.3 Å². The Morgan fingerprint density at radius 1 is 1.12 bits per heavy atom. The predicted octanol–water partition coefficient (Wildman–Crippen LogP) is 3.56. The van der Waals surface area contributed by atoms with E-state index in [0.717, 1.165) is 22.3 Å². The summed E-state index contributed by atoms with van der Waals surface area (Å²) in [5.74, 6) is 0.501. The van der Waals surface area contributed by atoms with Crippen molar-refractivity contribution in [2.24, 2.45) is 0 Å². The third-order valence-corrected chi connectivity index (χ3v) is 4.23. The van der Waals surface area contributed by atoms with Gasteiger partial charge in [0.2, 0.25) is 5.76 Å². The van der Waals surface area contributed by atoms with Crippen LogP contribution in [0, 0.1) is 13.8 Å². The second kappa shape index (κ2) is 6.48. The number of oxazole rings is 1. The molecule has 0 atom stereocenters. The van der Waals surface area contributed by atoms with Gasteiger partial charge >= 0.3 is 0 Å². The number of nitrogens with one attached hydrogen (secondary N) is 1. The molecule has 130 valence electrons. The minimum absolute atomic E-state index is 0.257. The lowest BCUT2D eigenvalue weighted by Crippen LogP contribution is -2.23. The smallest absolute Gasteiger partial charge is 0.289 e. The first-order valence-corrected chi connectivity index (χ1v) is 8.35. The number of hydrogen-bond donors (Lipinski definition) is 1. The van der Waals surface area contributed by atoms with Gasteiger partial charge in [-0.1, -0.05) is 24.3 Å². The second-order valence-electron chi connectivity index (χ2n) is 6.10. The number of carbonyl (C=O) groups excluding carboxylic acids is 1. The number of amides is 1. The Morgan fingerprint density at radius 3 is 2.62 bits per heavy atom. The fourth-order valence-electron chi connectivity index (χ4n) is 2.94. The van der Waals surface area contributed by atoms with Crippen molar-refractivity contribution in [3.05, 3.63) is 77.8 Å². The lowest BCUT2D eigenvalue weighted by molar-refractivity contribution is 0.0921. The lowest BCUT2D eigenvalue weighted by Gasteiger charge is -2.07. The van der Waals surface area contributed by atoms with Gasteiger partial charge in [0.05, 0.1) is 16.7 Å². The quantitative estimate of drug-likeness (QED) is 0.613. The van der Waals surface area contributed by atoms with E-state index < -0.39 is 0 Å². The molecule has 2 heterocycles. The summed E-state index contributed by atoms with van der Waals surface area (Å²) in [6, 6.07) is 16.0. The molecule has 1 N–H and O–H groups in total. The third kappa shape index (κ3) is 2.97. The number of imidazole rings is 1. The Labute approximate surface area is 150 Å². The summed E-state index contributed by atoms with van der Waals surface area (Å²) in [5.41, 5.74) is 4.64. The molecular formula is C20H18N4O2. The van der Waals surface area contributed by atoms with Crippen molar-refractivity contribution >= 4 is 16.9 Å². The number of fused-ring (bicyclic) bond motifs is 1. The molecule has 0 bridgehead atoms. The summed E-state index contributed by atoms with van der Waals surface area (Å²) in [6.07, 6.45) is 1.82. The molecule has 1 amide bonds. The maximum Gasteiger partial charge on any atom is 0.289 e. The molecule has 0 aliphatic rings. The molecule has 6 nitrogen and oxygen atoms in total. The van der Waals surface area contributed by atoms with Gasteiger partial charge in [0, 0.05) is 19.2 Å². The average molecular weight is 346 g/mol. The number of nitrogens with zero attached hydrogens (tertiary/aromatic N) is 3. The molecule has 0 saturated carbocycles. The minimum Gasteiger partial charge on any atom is -0.436 e. The normalized spacial score (nSPS) is 11.0. The number of benzene rings is 2. The standard InChI is InChI=1S/C20H18N4O2/c1-13-19(26-14(2)23-13)20(25)21-11-15-7-9-16(10-8-15)24-12-22-17-5-3-4-6-18(17)24/h3-10,12H,11H2,1-2H3,(H,21,25). The Bertz CT molecular complexity index is 1080. The van der Waals surface area contributed by atoms with Gasteiger partial charge in [-0.2, -0.15) is 0 Å². The first-order valence-electron chi connectivity index (χ1n) is 8.35. The van der Waals surface area contributed by atoms with Crippen LogP contribution in [-0.2, 0) is 6.54 Å². The fraction of sp³-hybridized carbons (Fsp3) is 0.150. The molecule has 4 rings (SSSR count). The van der Waals surface area contributed by atoms with E-state index >= 15 is 0 Å². The van der Waals surface area contributed by atoms with Crippen molar-refractivity contribution < 1.29 is 9.21 Å². The van der Waals surface area contributed by atoms with Crippen molar-refractivity contribution in [2.75, 3.05) is 0 Å². The van der Waals surface area contributed by atoms with Gasteiger partial charge in [-0.15, -0.1) is 0 Å². The second-order valence-corrected chi connectivity index (χ2v) is 6.10. The highest BCUT2D eigenvalue weighted by atomic mass is 16.4. The molecule has 4 aromatic rings. The van der Waals surface area contributed by atoms with Crippen molar-refractivity contribution in [2.45, 2.75) is 20.4 Å². The molecule has 0 spiro atoms. The van der Waals surface area contributed by atoms with E-state index in [9.17, 15) is 4.79 Å². The van der Waals surface area contributed by atoms with Gasteiger partial charge < -0.3 is 9.73 Å². The maximum absolute atomic E-state index is 12.2. The minimum atomic E-state index is -0.257. The van der Waals surface area contributed by atoms with E-state index in [1.807, 2.05) is 59.4 Å². The van der Waals surface area contributed by atoms with Crippen LogP contribution in [0.3, 0.4) is 0 Å². The zero-order chi connectivity index (χ0) is 18.1. The van der Waals surface area contributed by atoms with Gasteiger partial charge in [0.15, 0.2) is 5.89 Å². The molecule has 0 radical (unpaired) electrons. The highest BCUT2D eigenvalue weighted by molar-refractivity contribution is 5.92. The Morgan fingerprint density at radius 2 is 1.88 bits per heavy atom. The van der Waals surface area contributed by atoms with E-state index in [-0.39, 0.29) is 11.7 Å². The largest absolute Gasteiger partial charge is 0.436 e. The SMILES string of the molecule is Cc1nc(C)c(C(=O)NCc2ccc(-n3cnc4ccccc43)cc2)o1. The van der Waals surface area contributed by atoms with Crippen LogP contribution < -0.4 is 5.32 Å². The fourth-order valence-corrected chi connectivity index (χ4v) is 2.94. The first kappa shape index (κ1) is 16.1. The zero-order valence-corrected chi connectivity index (χ0v) is 14.6. The average Bonchev–Trinajstić information content (AvgIpc) is 3.23. The molecule has 26 heavy (non-hydrogen) atoms. The van der Waals surface area contributed by atoms with Gasteiger partial charge in [-0.05, 0) is 36.8 Å². The Kier molecular flexibility index (Phi) is 4.01. The molecule has 0 fully saturated rings. The molecule has 0 aliphatic carbocycles. The van der Waals surface area contributed by atoms with E-state index in [0.29, 0.717) is 18.1 Å². The molecule has 2 aromatic carbocycles. The van der Waals surface area contributed by atoms with Crippen LogP contribution >= 0.6 is 0 Å². The third-order valence-electron chi connectivity index (χ3n) is 4.23. The number of para-hydroxylation sites is 2. The van der Waals surface area contributed by atoms with Gasteiger partial charge in [0.25, 0.3) is 5.91 Å². The van der Waals surface area contributed by atoms with E-state index in [4.69, 9.17) is 4.42 Å². The van der Waals surface area contributed by atoms with E-state index in [1.165, 1.54) is 0 Å². The van der Waals surface area contributed by atoms with Crippen LogP contribution in [0.2, 0.25) is 0 Å². The van der Waals surface area contributed by atoms with Crippen LogP contribution in [-0.4, -0.2) is 20.4 Å². The summed E-state index contributed by atoms with van der Waals surface area (Å²) in [5, 5.41) is 2.86. The maximum atomic E-state index is 12.2. The first-order chi connectivity index (χ1) is 12.6.